The maximum absolute atomic E-state index is 17.2. The van der Waals surface area contributed by atoms with Crippen LogP contribution in [0.4, 0.5) is 10.2 Å². The number of pyridine rings is 1. The van der Waals surface area contributed by atoms with Crippen LogP contribution in [0.15, 0.2) is 76.9 Å². The maximum atomic E-state index is 17.2. The highest BCUT2D eigenvalue weighted by Crippen LogP contribution is 2.40. The number of aromatic nitrogens is 5. The molecule has 0 aliphatic carbocycles. The number of aliphatic hydroxyl groups excluding tert-OH is 1. The molecule has 7 aromatic rings. The van der Waals surface area contributed by atoms with E-state index in [9.17, 15) is 19.8 Å². The predicted octanol–water partition coefficient (Wildman–Crippen LogP) is 7.80. The summed E-state index contributed by atoms with van der Waals surface area (Å²) in [7, 11) is 2.12. The quantitative estimate of drug-likeness (QED) is 0.0686. The van der Waals surface area contributed by atoms with Crippen LogP contribution in [0.3, 0.4) is 0 Å². The van der Waals surface area contributed by atoms with E-state index in [0.29, 0.717) is 60.2 Å². The molecule has 5 saturated heterocycles. The van der Waals surface area contributed by atoms with Crippen LogP contribution in [0.1, 0.15) is 94.3 Å². The molecule has 4 aromatic heterocycles. The SMILES string of the molecule is CCc1cccc2cc(O)cc(-c3ncc4c(N5CC6CCC(C5)N6)nc(OC[C@@H]5CC[C@@H](CN6CC(Oc7cc([C@@H](C(=O)N8C[C@H](O)C[C@H]8C(=O)N[C@@H](C)c8ccc(-c9scnc9C)cc8)C(C)C)on7)C6)N5C)nc4c3F)c12. The molecule has 5 aliphatic rings. The summed E-state index contributed by atoms with van der Waals surface area (Å²) in [6, 6.07) is 18.8. The van der Waals surface area contributed by atoms with Crippen molar-refractivity contribution in [1.82, 2.24) is 50.4 Å². The van der Waals surface area contributed by atoms with Crippen molar-refractivity contribution in [2.75, 3.05) is 57.8 Å². The van der Waals surface area contributed by atoms with Gasteiger partial charge in [0.05, 0.1) is 33.6 Å². The Morgan fingerprint density at radius 1 is 0.963 bits per heavy atom. The van der Waals surface area contributed by atoms with Gasteiger partial charge in [-0.1, -0.05) is 63.2 Å². The molecule has 0 spiro atoms. The van der Waals surface area contributed by atoms with E-state index >= 15 is 4.39 Å². The molecule has 2 amide bonds. The number of phenolic OH excluding ortho intramolecular Hbond substituents is 1. The number of nitrogens with zero attached hydrogens (tertiary/aromatic N) is 9. The van der Waals surface area contributed by atoms with Crippen molar-refractivity contribution in [1.29, 1.82) is 0 Å². The normalized spacial score (nSPS) is 23.3. The van der Waals surface area contributed by atoms with E-state index in [1.165, 1.54) is 4.90 Å². The van der Waals surface area contributed by atoms with Gasteiger partial charge in [-0.15, -0.1) is 11.3 Å². The number of fused-ring (bicyclic) bond motifs is 4. The molecular formula is C60H70FN11O7S. The molecule has 2 bridgehead atoms. The number of hydrogen-bond acceptors (Lipinski definition) is 17. The average Bonchev–Trinajstić information content (AvgIpc) is 4.33. The summed E-state index contributed by atoms with van der Waals surface area (Å²) >= 11 is 1.59. The summed E-state index contributed by atoms with van der Waals surface area (Å²) < 4.78 is 35.8. The molecule has 4 N–H and O–H groups in total. The fourth-order valence-electron chi connectivity index (χ4n) is 12.9. The van der Waals surface area contributed by atoms with Gasteiger partial charge < -0.3 is 44.6 Å². The number of carbonyl (C=O) groups excluding carboxylic acids is 2. The number of aromatic hydroxyl groups is 1. The number of phenols is 1. The topological polar surface area (TPSA) is 208 Å². The van der Waals surface area contributed by atoms with Crippen molar-refractivity contribution in [3.05, 3.63) is 101 Å². The van der Waals surface area contributed by atoms with Gasteiger partial charge in [-0.3, -0.25) is 24.4 Å². The van der Waals surface area contributed by atoms with E-state index < -0.39 is 23.9 Å². The molecule has 2 unspecified atom stereocenters. The van der Waals surface area contributed by atoms with Crippen molar-refractivity contribution < 1.29 is 38.2 Å². The first-order valence-corrected chi connectivity index (χ1v) is 29.2. The molecule has 5 fully saturated rings. The number of thiazole rings is 1. The molecule has 8 atom stereocenters. The van der Waals surface area contributed by atoms with Gasteiger partial charge in [0, 0.05) is 87.7 Å². The number of nitrogens with one attached hydrogen (secondary N) is 2. The van der Waals surface area contributed by atoms with Crippen LogP contribution in [-0.2, 0) is 16.0 Å². The van der Waals surface area contributed by atoms with Crippen molar-refractivity contribution in [3.63, 3.8) is 0 Å². The lowest BCUT2D eigenvalue weighted by Crippen LogP contribution is -2.57. The lowest BCUT2D eigenvalue weighted by molar-refractivity contribution is -0.141. The maximum Gasteiger partial charge on any atom is 0.319 e. The van der Waals surface area contributed by atoms with Gasteiger partial charge in [-0.25, -0.2) is 9.37 Å². The third-order valence-electron chi connectivity index (χ3n) is 17.3. The van der Waals surface area contributed by atoms with E-state index in [4.69, 9.17) is 28.9 Å². The van der Waals surface area contributed by atoms with Crippen molar-refractivity contribution in [2.24, 2.45) is 5.92 Å². The standard InChI is InChI=1S/C60H70FN11O7S/c1-7-35-9-8-10-38-19-43(73)20-46(52(35)38)54-53(61)55-47(23-62-54)57(71-24-39-15-16-40(25-71)65-39)67-60(66-55)77-30-42-18-17-41(69(42)6)26-70-28-45(29-70)78-50-22-49(79-68-50)51(32(2)3)59(76)72-27-44(74)21-48(72)58(75)64-33(4)36-11-13-37(14-12-36)56-34(5)63-31-80-56/h8-14,19-20,22-23,31-33,39-42,44-45,48,51,65,73-74H,7,15-18,21,24-30H2,1-6H3,(H,64,75)/t33-,39?,40?,41-,42-,44+,48-,51-/m0/s1. The molecular weight excluding hydrogens is 1040 g/mol. The number of hydrogen-bond donors (Lipinski definition) is 4. The molecule has 9 heterocycles. The second-order valence-electron chi connectivity index (χ2n) is 23.0. The number of aryl methyl sites for hydroxylation is 2. The zero-order chi connectivity index (χ0) is 55.5. The summed E-state index contributed by atoms with van der Waals surface area (Å²) in [5.74, 6) is -0.863. The van der Waals surface area contributed by atoms with Crippen LogP contribution < -0.4 is 25.0 Å². The predicted molar refractivity (Wildman–Crippen MR) is 303 cm³/mol. The average molecular weight is 1110 g/mol. The minimum absolute atomic E-state index is 0.0339. The van der Waals surface area contributed by atoms with Crippen molar-refractivity contribution in [2.45, 2.75) is 128 Å². The number of likely N-dealkylation sites (N-methyl/N-ethyl adjacent to an activating group) is 1. The lowest BCUT2D eigenvalue weighted by Gasteiger charge is -2.41. The third-order valence-corrected chi connectivity index (χ3v) is 18.3. The molecule has 12 rings (SSSR count). The molecule has 0 radical (unpaired) electrons. The van der Waals surface area contributed by atoms with Gasteiger partial charge >= 0.3 is 6.01 Å². The molecule has 18 nitrogen and oxygen atoms in total. The smallest absolute Gasteiger partial charge is 0.319 e. The number of piperazine rings is 1. The Morgan fingerprint density at radius 2 is 1.74 bits per heavy atom. The second-order valence-corrected chi connectivity index (χ2v) is 23.9. The lowest BCUT2D eigenvalue weighted by atomic mass is 9.91. The van der Waals surface area contributed by atoms with Crippen LogP contribution in [0.5, 0.6) is 17.6 Å². The van der Waals surface area contributed by atoms with E-state index in [0.717, 1.165) is 89.8 Å². The van der Waals surface area contributed by atoms with E-state index in [1.54, 1.807) is 35.7 Å². The number of halogens is 1. The van der Waals surface area contributed by atoms with Gasteiger partial charge in [0.2, 0.25) is 11.8 Å². The number of aliphatic hydroxyl groups is 1. The largest absolute Gasteiger partial charge is 0.508 e. The summed E-state index contributed by atoms with van der Waals surface area (Å²) in [6.07, 6.45) is 5.59. The second kappa shape index (κ2) is 22.2. The number of likely N-dealkylation sites (tertiary alicyclic amines) is 3. The van der Waals surface area contributed by atoms with Gasteiger partial charge in [-0.2, -0.15) is 9.97 Å². The highest BCUT2D eigenvalue weighted by Gasteiger charge is 2.44. The van der Waals surface area contributed by atoms with Crippen LogP contribution in [0.25, 0.3) is 43.4 Å². The fourth-order valence-corrected chi connectivity index (χ4v) is 13.8. The van der Waals surface area contributed by atoms with Crippen LogP contribution in [-0.4, -0.2) is 157 Å². The molecule has 80 heavy (non-hydrogen) atoms. The summed E-state index contributed by atoms with van der Waals surface area (Å²) in [6.45, 7) is 13.9. The van der Waals surface area contributed by atoms with Crippen LogP contribution >= 0.6 is 11.3 Å². The first-order chi connectivity index (χ1) is 38.7. The minimum atomic E-state index is -0.849. The molecule has 5 aliphatic heterocycles. The molecule has 420 valence electrons. The van der Waals surface area contributed by atoms with E-state index in [1.807, 2.05) is 75.7 Å². The first kappa shape index (κ1) is 53.8. The van der Waals surface area contributed by atoms with E-state index in [2.05, 4.69) is 49.4 Å². The number of rotatable bonds is 17. The Labute approximate surface area is 468 Å². The number of anilines is 1. The molecule has 3 aromatic carbocycles. The van der Waals surface area contributed by atoms with Gasteiger partial charge in [0.25, 0.3) is 5.88 Å². The third kappa shape index (κ3) is 10.6. The first-order valence-electron chi connectivity index (χ1n) is 28.3. The van der Waals surface area contributed by atoms with Gasteiger partial charge in [-0.05, 0) is 104 Å². The number of amides is 2. The van der Waals surface area contributed by atoms with Crippen molar-refractivity contribution in [3.8, 4) is 39.3 Å². The Kier molecular flexibility index (Phi) is 15.0. The zero-order valence-electron chi connectivity index (χ0n) is 46.1. The highest BCUT2D eigenvalue weighted by molar-refractivity contribution is 7.13. The Bertz CT molecular complexity index is 3410. The number of ether oxygens (including phenoxy) is 2. The monoisotopic (exact) mass is 1110 g/mol. The summed E-state index contributed by atoms with van der Waals surface area (Å²) in [5, 5.41) is 34.8. The highest BCUT2D eigenvalue weighted by atomic mass is 32.1. The number of β-amino-alcohol motifs (C(OH)–C–C–N with tert-alkyl or cyclic N) is 1. The number of benzene rings is 3. The molecule has 0 saturated carbocycles. The van der Waals surface area contributed by atoms with Crippen LogP contribution in [0, 0.1) is 18.7 Å². The van der Waals surface area contributed by atoms with Crippen LogP contribution in [0.2, 0.25) is 0 Å². The Hall–Kier alpha value is -6.84. The zero-order valence-corrected chi connectivity index (χ0v) is 47.0. The Balaban J connectivity index is 0.664. The number of carbonyl (C=O) groups is 2. The van der Waals surface area contributed by atoms with Crippen molar-refractivity contribution >= 4 is 50.6 Å². The summed E-state index contributed by atoms with van der Waals surface area (Å²) in [5.41, 5.74) is 6.59. The fraction of sp³-hybridized carbons (Fsp3) is 0.483. The van der Waals surface area contributed by atoms with Gasteiger partial charge in [0.15, 0.2) is 11.6 Å². The van der Waals surface area contributed by atoms with Gasteiger partial charge in [0.1, 0.15) is 47.4 Å². The molecule has 20 heteroatoms. The summed E-state index contributed by atoms with van der Waals surface area (Å²) in [4.78, 5) is 56.5. The Morgan fingerprint density at radius 3 is 2.48 bits per heavy atom. The van der Waals surface area contributed by atoms with E-state index in [-0.39, 0.29) is 77.9 Å². The minimum Gasteiger partial charge on any atom is -0.508 e.